The summed E-state index contributed by atoms with van der Waals surface area (Å²) in [5.41, 5.74) is 16.2. The van der Waals surface area contributed by atoms with E-state index in [1.165, 1.54) is 83.7 Å². The monoisotopic (exact) mass is 2090 g/mol. The van der Waals surface area contributed by atoms with Crippen LogP contribution in [0.4, 0.5) is 29.1 Å². The van der Waals surface area contributed by atoms with Crippen LogP contribution in [0.15, 0.2) is 214 Å². The topological polar surface area (TPSA) is 351 Å². The summed E-state index contributed by atoms with van der Waals surface area (Å²) in [5, 5.41) is 51.8. The number of aliphatic carboxylic acids is 1. The largest absolute Gasteiger partial charge is 0.481 e. The minimum atomic E-state index is -0.853. The number of hydrogen-bond acceptors (Lipinski definition) is 26. The van der Waals surface area contributed by atoms with Gasteiger partial charge in [0.25, 0.3) is 0 Å². The number of ketones is 1. The molecule has 0 bridgehead atoms. The van der Waals surface area contributed by atoms with Crippen LogP contribution in [0.25, 0.3) is 83.0 Å². The highest BCUT2D eigenvalue weighted by atomic mass is 35.5. The number of esters is 1. The third kappa shape index (κ3) is 26.8. The minimum Gasteiger partial charge on any atom is -0.481 e. The summed E-state index contributed by atoms with van der Waals surface area (Å²) in [6.45, 7) is 20.1. The van der Waals surface area contributed by atoms with Crippen LogP contribution < -0.4 is 46.2 Å². The summed E-state index contributed by atoms with van der Waals surface area (Å²) in [4.78, 5) is 82.6. The molecule has 6 N–H and O–H groups in total. The van der Waals surface area contributed by atoms with Crippen molar-refractivity contribution >= 4 is 166 Å². The number of nitrogens with two attached hydrogens (primary N) is 1. The molecule has 7 saturated heterocycles. The molecule has 0 aliphatic carbocycles. The Hall–Kier alpha value is -12.5. The second-order valence-corrected chi connectivity index (χ2v) is 40.0. The number of anilines is 5. The molecule has 5 aromatic carbocycles. The van der Waals surface area contributed by atoms with Gasteiger partial charge in [-0.3, -0.25) is 44.1 Å². The minimum absolute atomic E-state index is 0. The Bertz CT molecular complexity index is 6840. The van der Waals surface area contributed by atoms with Gasteiger partial charge in [0, 0.05) is 182 Å². The molecule has 0 spiro atoms. The number of likely N-dealkylation sites (tertiary alicyclic amines) is 1. The number of pyridine rings is 5. The summed E-state index contributed by atoms with van der Waals surface area (Å²) < 4.78 is 26.0. The van der Waals surface area contributed by atoms with E-state index < -0.39 is 5.97 Å². The van der Waals surface area contributed by atoms with Crippen LogP contribution in [-0.2, 0) is 33.4 Å². The van der Waals surface area contributed by atoms with Crippen molar-refractivity contribution in [1.82, 2.24) is 94.7 Å². The summed E-state index contributed by atoms with van der Waals surface area (Å²) in [7, 11) is 2.19. The van der Waals surface area contributed by atoms with E-state index in [0.29, 0.717) is 79.9 Å². The maximum absolute atomic E-state index is 12.9. The molecule has 7 aliphatic rings. The average molecular weight is 2100 g/mol. The molecule has 774 valence electrons. The molecule has 22 rings (SSSR count). The maximum atomic E-state index is 12.9. The molecule has 0 saturated carbocycles. The smallest absolute Gasteiger partial charge is 0.305 e. The van der Waals surface area contributed by atoms with E-state index in [1.54, 1.807) is 35.7 Å². The number of carbonyl (C=O) groups excluding carboxylic acids is 3. The highest BCUT2D eigenvalue weighted by Gasteiger charge is 2.35. The number of carbonyl (C=O) groups is 4. The first kappa shape index (κ1) is 107. The van der Waals surface area contributed by atoms with Crippen molar-refractivity contribution in [3.63, 3.8) is 0 Å². The maximum Gasteiger partial charge on any atom is 0.305 e. The molecule has 7 aliphatic heterocycles. The van der Waals surface area contributed by atoms with Gasteiger partial charge >= 0.3 is 11.9 Å². The zero-order valence-corrected chi connectivity index (χ0v) is 86.3. The van der Waals surface area contributed by atoms with Crippen molar-refractivity contribution in [2.75, 3.05) is 163 Å². The van der Waals surface area contributed by atoms with Gasteiger partial charge in [-0.2, -0.15) is 0 Å². The number of carboxylic acid groups (broad SMARTS) is 1. The van der Waals surface area contributed by atoms with Gasteiger partial charge in [-0.05, 0) is 268 Å². The van der Waals surface area contributed by atoms with Crippen molar-refractivity contribution in [3.8, 4) is 28.4 Å². The molecule has 10 aromatic heterocycles. The van der Waals surface area contributed by atoms with Crippen molar-refractivity contribution in [2.24, 2.45) is 29.4 Å². The molecule has 2 atom stereocenters. The van der Waals surface area contributed by atoms with E-state index in [-0.39, 0.29) is 62.2 Å². The van der Waals surface area contributed by atoms with E-state index in [0.717, 1.165) is 219 Å². The van der Waals surface area contributed by atoms with Crippen molar-refractivity contribution < 1.29 is 38.5 Å². The summed E-state index contributed by atoms with van der Waals surface area (Å²) >= 11 is 24.2. The second kappa shape index (κ2) is 51.4. The first-order valence-electron chi connectivity index (χ1n) is 50.4. The van der Waals surface area contributed by atoms with Crippen molar-refractivity contribution in [1.29, 1.82) is 0 Å². The lowest BCUT2D eigenvalue weighted by molar-refractivity contribution is -0.147. The zero-order valence-electron chi connectivity index (χ0n) is 82.5. The third-order valence-corrected chi connectivity index (χ3v) is 29.4. The molecule has 147 heavy (non-hydrogen) atoms. The van der Waals surface area contributed by atoms with Crippen molar-refractivity contribution in [3.05, 3.63) is 239 Å². The van der Waals surface area contributed by atoms with Gasteiger partial charge in [0.05, 0.1) is 132 Å². The molecule has 15 aromatic rings. The van der Waals surface area contributed by atoms with Gasteiger partial charge in [0.1, 0.15) is 11.9 Å². The van der Waals surface area contributed by atoms with Gasteiger partial charge in [-0.1, -0.05) is 71.5 Å². The van der Waals surface area contributed by atoms with Gasteiger partial charge in [0.15, 0.2) is 29.1 Å². The number of piperidine rings is 5. The van der Waals surface area contributed by atoms with Gasteiger partial charge in [-0.25, -0.2) is 23.4 Å². The van der Waals surface area contributed by atoms with Gasteiger partial charge in [0.2, 0.25) is 5.91 Å². The van der Waals surface area contributed by atoms with Crippen molar-refractivity contribution in [2.45, 2.75) is 129 Å². The van der Waals surface area contributed by atoms with Gasteiger partial charge < -0.3 is 70.4 Å². The number of nitrogens with zero attached hydrogens (tertiary/aromatic N) is 21. The van der Waals surface area contributed by atoms with Crippen LogP contribution in [0.5, 0.6) is 0 Å². The number of ether oxygens (including phenoxy) is 3. The number of halogens is 5. The molecule has 2 unspecified atom stereocenters. The number of benzene rings is 5. The first-order chi connectivity index (χ1) is 70.8. The first-order valence-corrected chi connectivity index (χ1v) is 52.0. The predicted molar refractivity (Wildman–Crippen MR) is 586 cm³/mol. The fourth-order valence-corrected chi connectivity index (χ4v) is 20.9. The van der Waals surface area contributed by atoms with Gasteiger partial charge in [-0.15, -0.1) is 37.9 Å². The molecular weight excluding hydrogens is 1960 g/mol. The molecular formula is C109H130Cl5N25O8. The molecule has 33 nitrogen and oxygen atoms in total. The van der Waals surface area contributed by atoms with Crippen LogP contribution in [-0.4, -0.2) is 264 Å². The number of morpholine rings is 2. The number of aromatic nitrogens is 15. The molecule has 38 heteroatoms. The highest BCUT2D eigenvalue weighted by Crippen LogP contribution is 2.39. The number of fused-ring (bicyclic) bond motifs is 5. The Morgan fingerprint density at radius 2 is 0.782 bits per heavy atom. The number of Topliss-reactive ketones (excluding diaryl/α,β-unsaturated/α-hetero) is 1. The zero-order chi connectivity index (χ0) is 100. The fraction of sp³-hybridized carbons (Fsp3) is 0.413. The van der Waals surface area contributed by atoms with E-state index in [9.17, 15) is 24.3 Å². The Kier molecular flexibility index (Phi) is 37.5. The Morgan fingerprint density at radius 1 is 0.442 bits per heavy atom. The lowest BCUT2D eigenvalue weighted by atomic mass is 9.86. The van der Waals surface area contributed by atoms with Crippen LogP contribution in [0.1, 0.15) is 110 Å². The third-order valence-electron chi connectivity index (χ3n) is 28.4. The Labute approximate surface area is 882 Å². The number of hydrogen-bond donors (Lipinski definition) is 5. The Balaban J connectivity index is 0.000000131. The SMILES string of the molecule is C.CC(=O)OC1CCN(c2nn(-c3ccc(C)cc3)c3cnccc23)CC1.CN1CCC(CCC(=O)C2CCN(c3nn(-c4ccc(Cl)cc4)c4cnccc34)CC2)CC1.Cl.Clc1ccc(-n2nc(N3CCC(CNCC4CCNCC4)CC3)c3ccncc32)cc1.NCCNC(=O)CC1COCCN1c1nn(-c2ccc(Cl)cc2)c2cnccc12.O=C(O)CC1COCCN1c1nn(-c2ccc(Cl)cc2)c2cnccc12. The number of amides is 1. The van der Waals surface area contributed by atoms with E-state index >= 15 is 0 Å². The standard InChI is InChI=1S/C26H32ClN5O.C24H31ClN6.C20H23ClN6O2.C20H22N4O2.C18H17ClN4O3.CH4.ClH/c1-30-14-9-19(10-15-30)2-7-25(33)20-11-16-31(17-12-20)26-23-8-13-28-18-24(23)32(29-26)22-5-3-21(27)4-6-22;25-20-1-3-21(4-2-20)31-23-17-27-12-7-22(23)24(29-31)30-13-8-19(9-14-30)16-28-15-18-5-10-26-11-6-18;21-14-1-3-15(4-2-14)27-18-12-23-7-5-17(18)20(25-27)26-9-10-29-13-16(26)11-19(28)24-8-6-22;1-14-3-5-16(6-4-14)24-19-13-21-10-7-18(19)20(22-24)23-11-8-17(9-12-23)26-15(2)25;19-12-1-3-13(4-2-12)23-16-10-20-6-5-15(16)18(21-23)22-7-8-26-11-14(22)9-17(24)25;;/h3-6,8,13,18-20H,2,7,9-12,14-17H2,1H3;1-4,7,12,17-19,26,28H,5-6,8-11,13-16H2;1-5,7,12,16H,6,8-11,13,22H2,(H,24,28);3-7,10,13,17H,8-9,11-12H2,1-2H3;1-6,10,14H,7-9,11H2,(H,24,25);1H4;1H. The summed E-state index contributed by atoms with van der Waals surface area (Å²) in [6.07, 6.45) is 31.2. The van der Waals surface area contributed by atoms with Crippen LogP contribution >= 0.6 is 58.8 Å². The van der Waals surface area contributed by atoms with E-state index in [2.05, 4.69) is 110 Å². The molecule has 17 heterocycles. The number of rotatable bonds is 25. The fourth-order valence-electron chi connectivity index (χ4n) is 20.4. The lowest BCUT2D eigenvalue weighted by Gasteiger charge is -2.35. The normalized spacial score (nSPS) is 17.3. The quantitative estimate of drug-likeness (QED) is 0.0332. The number of nitrogens with one attached hydrogen (secondary N) is 3. The number of aryl methyl sites for hydroxylation is 1. The van der Waals surface area contributed by atoms with E-state index in [1.807, 2.05) is 176 Å². The molecule has 0 radical (unpaired) electrons. The number of carboxylic acids is 1. The predicted octanol–water partition coefficient (Wildman–Crippen LogP) is 17.7. The summed E-state index contributed by atoms with van der Waals surface area (Å²) in [5.74, 6) is 6.44. The van der Waals surface area contributed by atoms with Crippen LogP contribution in [0.3, 0.4) is 0 Å². The Morgan fingerprint density at radius 3 is 1.16 bits per heavy atom. The molecule has 1 amide bonds. The highest BCUT2D eigenvalue weighted by molar-refractivity contribution is 6.31. The van der Waals surface area contributed by atoms with Crippen LogP contribution in [0.2, 0.25) is 20.1 Å². The van der Waals surface area contributed by atoms with Crippen LogP contribution in [0, 0.1) is 30.6 Å². The second-order valence-electron chi connectivity index (χ2n) is 38.3. The summed E-state index contributed by atoms with van der Waals surface area (Å²) in [6, 6.07) is 48.4. The lowest BCUT2D eigenvalue weighted by Crippen LogP contribution is -2.48. The average Bonchev–Trinajstić information content (AvgIpc) is 1.62. The molecule has 7 fully saturated rings. The van der Waals surface area contributed by atoms with E-state index in [4.69, 9.17) is 91.8 Å².